The molecule has 1 aromatic carbocycles. The van der Waals surface area contributed by atoms with E-state index in [9.17, 15) is 4.79 Å². The Morgan fingerprint density at radius 2 is 2.09 bits per heavy atom. The maximum atomic E-state index is 12.2. The predicted molar refractivity (Wildman–Crippen MR) is 90.8 cm³/mol. The van der Waals surface area contributed by atoms with Crippen LogP contribution in [0.3, 0.4) is 0 Å². The number of fused-ring (bicyclic) bond motifs is 1. The molecule has 0 aliphatic carbocycles. The van der Waals surface area contributed by atoms with Gasteiger partial charge in [0, 0.05) is 18.5 Å². The first-order valence-electron chi connectivity index (χ1n) is 7.48. The lowest BCUT2D eigenvalue weighted by Gasteiger charge is -2.22. The Kier molecular flexibility index (Phi) is 4.12. The van der Waals surface area contributed by atoms with Crippen molar-refractivity contribution in [3.8, 4) is 0 Å². The van der Waals surface area contributed by atoms with E-state index >= 15 is 0 Å². The molecule has 6 nitrogen and oxygen atoms in total. The molecule has 7 heteroatoms. The van der Waals surface area contributed by atoms with E-state index in [1.807, 2.05) is 18.2 Å². The van der Waals surface area contributed by atoms with Crippen LogP contribution in [0.1, 0.15) is 37.8 Å². The number of anilines is 1. The molecule has 0 unspecified atom stereocenters. The SMILES string of the molecule is CC(C)(C)c1ccccc1NC(=O)CCc1nn2cnnc2s1. The van der Waals surface area contributed by atoms with Crippen LogP contribution in [0.5, 0.6) is 0 Å². The summed E-state index contributed by atoms with van der Waals surface area (Å²) in [6.07, 6.45) is 2.55. The third kappa shape index (κ3) is 3.56. The van der Waals surface area contributed by atoms with E-state index in [4.69, 9.17) is 0 Å². The van der Waals surface area contributed by atoms with Gasteiger partial charge in [0.15, 0.2) is 0 Å². The Balaban J connectivity index is 1.64. The van der Waals surface area contributed by atoms with Crippen LogP contribution in [-0.4, -0.2) is 25.7 Å². The number of para-hydroxylation sites is 1. The molecule has 3 aromatic rings. The minimum atomic E-state index is -0.0164. The second-order valence-electron chi connectivity index (χ2n) is 6.40. The van der Waals surface area contributed by atoms with Gasteiger partial charge in [-0.15, -0.1) is 10.2 Å². The van der Waals surface area contributed by atoms with E-state index in [0.717, 1.165) is 21.2 Å². The molecule has 2 heterocycles. The number of benzene rings is 1. The topological polar surface area (TPSA) is 72.2 Å². The highest BCUT2D eigenvalue weighted by Crippen LogP contribution is 2.29. The predicted octanol–water partition coefficient (Wildman–Crippen LogP) is 3.05. The van der Waals surface area contributed by atoms with Gasteiger partial charge in [-0.25, -0.2) is 0 Å². The molecule has 0 aliphatic heterocycles. The van der Waals surface area contributed by atoms with Crippen LogP contribution in [0.4, 0.5) is 5.69 Å². The Labute approximate surface area is 138 Å². The first kappa shape index (κ1) is 15.6. The monoisotopic (exact) mass is 329 g/mol. The zero-order chi connectivity index (χ0) is 16.4. The largest absolute Gasteiger partial charge is 0.326 e. The van der Waals surface area contributed by atoms with Crippen LogP contribution < -0.4 is 5.32 Å². The van der Waals surface area contributed by atoms with E-state index in [2.05, 4.69) is 47.5 Å². The molecule has 0 spiro atoms. The van der Waals surface area contributed by atoms with Gasteiger partial charge in [0.1, 0.15) is 11.3 Å². The number of nitrogens with one attached hydrogen (secondary N) is 1. The minimum absolute atomic E-state index is 0.00679. The Morgan fingerprint density at radius 3 is 2.83 bits per heavy atom. The molecule has 3 rings (SSSR count). The minimum Gasteiger partial charge on any atom is -0.326 e. The van der Waals surface area contributed by atoms with Crippen molar-refractivity contribution in [1.29, 1.82) is 0 Å². The smallest absolute Gasteiger partial charge is 0.234 e. The van der Waals surface area contributed by atoms with Gasteiger partial charge in [-0.1, -0.05) is 50.3 Å². The maximum Gasteiger partial charge on any atom is 0.234 e. The second-order valence-corrected chi connectivity index (χ2v) is 7.44. The summed E-state index contributed by atoms with van der Waals surface area (Å²) in [6, 6.07) is 7.93. The lowest BCUT2D eigenvalue weighted by Crippen LogP contribution is -2.18. The van der Waals surface area contributed by atoms with Crippen molar-refractivity contribution in [2.24, 2.45) is 0 Å². The molecule has 0 fully saturated rings. The molecule has 1 N–H and O–H groups in total. The highest BCUT2D eigenvalue weighted by atomic mass is 32.1. The summed E-state index contributed by atoms with van der Waals surface area (Å²) >= 11 is 1.46. The lowest BCUT2D eigenvalue weighted by atomic mass is 9.86. The van der Waals surface area contributed by atoms with Gasteiger partial charge in [0.2, 0.25) is 10.9 Å². The third-order valence-electron chi connectivity index (χ3n) is 3.50. The molecular formula is C16H19N5OS. The fourth-order valence-electron chi connectivity index (χ4n) is 2.38. The number of carbonyl (C=O) groups is 1. The molecule has 0 atom stereocenters. The van der Waals surface area contributed by atoms with Crippen molar-refractivity contribution in [3.63, 3.8) is 0 Å². The number of carbonyl (C=O) groups excluding carboxylic acids is 1. The van der Waals surface area contributed by atoms with Crippen LogP contribution in [0.25, 0.3) is 4.96 Å². The fourth-order valence-corrected chi connectivity index (χ4v) is 3.19. The molecule has 23 heavy (non-hydrogen) atoms. The Morgan fingerprint density at radius 1 is 1.30 bits per heavy atom. The van der Waals surface area contributed by atoms with Gasteiger partial charge >= 0.3 is 0 Å². The number of hydrogen-bond acceptors (Lipinski definition) is 5. The number of rotatable bonds is 4. The summed E-state index contributed by atoms with van der Waals surface area (Å²) in [5.74, 6) is -0.00679. The van der Waals surface area contributed by atoms with Crippen molar-refractivity contribution >= 4 is 27.9 Å². The van der Waals surface area contributed by atoms with Crippen LogP contribution in [0, 0.1) is 0 Å². The fraction of sp³-hybridized carbons (Fsp3) is 0.375. The third-order valence-corrected chi connectivity index (χ3v) is 4.48. The highest BCUT2D eigenvalue weighted by Gasteiger charge is 2.18. The average molecular weight is 329 g/mol. The van der Waals surface area contributed by atoms with Crippen LogP contribution in [-0.2, 0) is 16.6 Å². The van der Waals surface area contributed by atoms with E-state index in [0.29, 0.717) is 12.8 Å². The van der Waals surface area contributed by atoms with Gasteiger partial charge in [-0.3, -0.25) is 4.79 Å². The number of amides is 1. The Bertz CT molecular complexity index is 802. The molecular weight excluding hydrogens is 310 g/mol. The summed E-state index contributed by atoms with van der Waals surface area (Å²) in [5.41, 5.74) is 1.99. The van der Waals surface area contributed by atoms with Gasteiger partial charge in [0.05, 0.1) is 0 Å². The number of aromatic nitrogens is 4. The summed E-state index contributed by atoms with van der Waals surface area (Å²) in [7, 11) is 0. The molecule has 120 valence electrons. The van der Waals surface area contributed by atoms with Crippen molar-refractivity contribution in [1.82, 2.24) is 19.8 Å². The van der Waals surface area contributed by atoms with Crippen molar-refractivity contribution in [2.75, 3.05) is 5.32 Å². The molecule has 0 aliphatic rings. The van der Waals surface area contributed by atoms with Crippen LogP contribution in [0.2, 0.25) is 0 Å². The normalized spacial score (nSPS) is 11.8. The van der Waals surface area contributed by atoms with E-state index in [1.54, 1.807) is 10.8 Å². The molecule has 0 saturated heterocycles. The van der Waals surface area contributed by atoms with Crippen molar-refractivity contribution in [3.05, 3.63) is 41.2 Å². The second kappa shape index (κ2) is 6.08. The first-order chi connectivity index (χ1) is 10.9. The number of hydrogen-bond donors (Lipinski definition) is 1. The summed E-state index contributed by atoms with van der Waals surface area (Å²) in [4.78, 5) is 13.0. The zero-order valence-corrected chi connectivity index (χ0v) is 14.2. The van der Waals surface area contributed by atoms with Gasteiger partial charge < -0.3 is 5.32 Å². The molecule has 0 radical (unpaired) electrons. The quantitative estimate of drug-likeness (QED) is 0.798. The van der Waals surface area contributed by atoms with E-state index < -0.39 is 0 Å². The zero-order valence-electron chi connectivity index (χ0n) is 13.4. The van der Waals surface area contributed by atoms with E-state index in [-0.39, 0.29) is 11.3 Å². The molecule has 0 saturated carbocycles. The van der Waals surface area contributed by atoms with Crippen LogP contribution >= 0.6 is 11.3 Å². The Hall–Kier alpha value is -2.28. The van der Waals surface area contributed by atoms with Crippen molar-refractivity contribution < 1.29 is 4.79 Å². The molecule has 1 amide bonds. The number of nitrogens with zero attached hydrogens (tertiary/aromatic N) is 4. The average Bonchev–Trinajstić information content (AvgIpc) is 3.05. The van der Waals surface area contributed by atoms with Crippen LogP contribution in [0.15, 0.2) is 30.6 Å². The molecule has 0 bridgehead atoms. The summed E-state index contributed by atoms with van der Waals surface area (Å²) < 4.78 is 1.63. The van der Waals surface area contributed by atoms with Gasteiger partial charge in [0.25, 0.3) is 0 Å². The maximum absolute atomic E-state index is 12.2. The van der Waals surface area contributed by atoms with E-state index in [1.165, 1.54) is 11.3 Å². The molecule has 2 aromatic heterocycles. The first-order valence-corrected chi connectivity index (χ1v) is 8.30. The standard InChI is InChI=1S/C16H19N5OS/c1-16(2,3)11-6-4-5-7-12(11)18-13(22)8-9-14-20-21-10-17-19-15(21)23-14/h4-7,10H,8-9H2,1-3H3,(H,18,22). The van der Waals surface area contributed by atoms with Gasteiger partial charge in [-0.2, -0.15) is 9.61 Å². The summed E-state index contributed by atoms with van der Waals surface area (Å²) in [5, 5.41) is 15.9. The highest BCUT2D eigenvalue weighted by molar-refractivity contribution is 7.16. The van der Waals surface area contributed by atoms with Crippen molar-refractivity contribution in [2.45, 2.75) is 39.0 Å². The lowest BCUT2D eigenvalue weighted by molar-refractivity contribution is -0.116. The van der Waals surface area contributed by atoms with Gasteiger partial charge in [-0.05, 0) is 17.0 Å². The number of aryl methyl sites for hydroxylation is 1. The summed E-state index contributed by atoms with van der Waals surface area (Å²) in [6.45, 7) is 6.41.